The van der Waals surface area contributed by atoms with Crippen LogP contribution in [-0.4, -0.2) is 31.8 Å². The number of aliphatic carboxylic acids is 1. The smallest absolute Gasteiger partial charge is 0.307 e. The molecular formula is C9H12N4O3S. The van der Waals surface area contributed by atoms with Gasteiger partial charge in [0.1, 0.15) is 0 Å². The average Bonchev–Trinajstić information content (AvgIpc) is 2.81. The SMILES string of the molecule is O=C(O)C1CCCCC1C(=O)Nc1nnns1. The van der Waals surface area contributed by atoms with Crippen LogP contribution in [0.4, 0.5) is 5.13 Å². The number of carbonyl (C=O) groups excluding carboxylic acids is 1. The molecule has 0 saturated heterocycles. The third-order valence-corrected chi connectivity index (χ3v) is 3.46. The molecule has 1 aliphatic carbocycles. The van der Waals surface area contributed by atoms with Crippen molar-refractivity contribution in [3.8, 4) is 0 Å². The molecule has 0 bridgehead atoms. The maximum Gasteiger partial charge on any atom is 0.307 e. The zero-order chi connectivity index (χ0) is 12.3. The number of amides is 1. The molecular weight excluding hydrogens is 244 g/mol. The van der Waals surface area contributed by atoms with Crippen LogP contribution < -0.4 is 5.32 Å². The van der Waals surface area contributed by atoms with Crippen molar-refractivity contribution in [3.05, 3.63) is 0 Å². The molecule has 2 rings (SSSR count). The number of aromatic nitrogens is 3. The molecule has 2 N–H and O–H groups in total. The molecule has 0 radical (unpaired) electrons. The standard InChI is InChI=1S/C9H12N4O3S/c14-7(10-9-11-12-13-17-9)5-3-1-2-4-6(5)8(15)16/h5-6H,1-4H2,(H,15,16)(H,10,11,13,14). The van der Waals surface area contributed by atoms with E-state index in [1.54, 1.807) is 0 Å². The van der Waals surface area contributed by atoms with E-state index in [9.17, 15) is 9.59 Å². The zero-order valence-electron chi connectivity index (χ0n) is 9.00. The zero-order valence-corrected chi connectivity index (χ0v) is 9.81. The van der Waals surface area contributed by atoms with Crippen molar-refractivity contribution >= 4 is 28.5 Å². The molecule has 8 heteroatoms. The molecule has 1 aromatic rings. The second-order valence-electron chi connectivity index (χ2n) is 3.99. The van der Waals surface area contributed by atoms with E-state index < -0.39 is 17.8 Å². The van der Waals surface area contributed by atoms with Crippen molar-refractivity contribution in [1.82, 2.24) is 14.8 Å². The van der Waals surface area contributed by atoms with Crippen LogP contribution in [0.2, 0.25) is 0 Å². The van der Waals surface area contributed by atoms with E-state index >= 15 is 0 Å². The first-order valence-corrected chi connectivity index (χ1v) is 6.14. The van der Waals surface area contributed by atoms with Crippen molar-refractivity contribution < 1.29 is 14.7 Å². The topological polar surface area (TPSA) is 105 Å². The van der Waals surface area contributed by atoms with Crippen molar-refractivity contribution in [3.63, 3.8) is 0 Å². The van der Waals surface area contributed by atoms with Gasteiger partial charge in [0.05, 0.1) is 11.8 Å². The molecule has 0 spiro atoms. The first kappa shape index (κ1) is 11.9. The Labute approximate surface area is 101 Å². The summed E-state index contributed by atoms with van der Waals surface area (Å²) >= 11 is 0.973. The van der Waals surface area contributed by atoms with Gasteiger partial charge in [-0.3, -0.25) is 14.9 Å². The van der Waals surface area contributed by atoms with E-state index in [4.69, 9.17) is 5.11 Å². The maximum absolute atomic E-state index is 11.9. The molecule has 2 atom stereocenters. The second-order valence-corrected chi connectivity index (χ2v) is 4.73. The lowest BCUT2D eigenvalue weighted by Crippen LogP contribution is -2.36. The van der Waals surface area contributed by atoms with Crippen LogP contribution in [0.15, 0.2) is 0 Å². The Morgan fingerprint density at radius 3 is 2.59 bits per heavy atom. The maximum atomic E-state index is 11.9. The normalized spacial score (nSPS) is 24.2. The Hall–Kier alpha value is -1.57. The largest absolute Gasteiger partial charge is 0.481 e. The lowest BCUT2D eigenvalue weighted by Gasteiger charge is -2.26. The predicted molar refractivity (Wildman–Crippen MR) is 59.4 cm³/mol. The molecule has 7 nitrogen and oxygen atoms in total. The highest BCUT2D eigenvalue weighted by atomic mass is 32.1. The van der Waals surface area contributed by atoms with Crippen molar-refractivity contribution in [2.24, 2.45) is 11.8 Å². The Morgan fingerprint density at radius 2 is 2.00 bits per heavy atom. The quantitative estimate of drug-likeness (QED) is 0.827. The van der Waals surface area contributed by atoms with Gasteiger partial charge in [0.2, 0.25) is 11.0 Å². The minimum Gasteiger partial charge on any atom is -0.481 e. The van der Waals surface area contributed by atoms with Gasteiger partial charge >= 0.3 is 5.97 Å². The molecule has 92 valence electrons. The van der Waals surface area contributed by atoms with E-state index in [1.807, 2.05) is 0 Å². The Balaban J connectivity index is 2.03. The molecule has 1 heterocycles. The van der Waals surface area contributed by atoms with E-state index in [2.05, 4.69) is 20.1 Å². The van der Waals surface area contributed by atoms with Crippen LogP contribution in [0.5, 0.6) is 0 Å². The average molecular weight is 256 g/mol. The van der Waals surface area contributed by atoms with E-state index in [-0.39, 0.29) is 5.91 Å². The summed E-state index contributed by atoms with van der Waals surface area (Å²) in [5.74, 6) is -2.27. The van der Waals surface area contributed by atoms with Crippen LogP contribution in [0.3, 0.4) is 0 Å². The molecule has 1 aromatic heterocycles. The van der Waals surface area contributed by atoms with Gasteiger partial charge in [0, 0.05) is 11.5 Å². The summed E-state index contributed by atoms with van der Waals surface area (Å²) in [6, 6.07) is 0. The highest BCUT2D eigenvalue weighted by Gasteiger charge is 2.35. The number of hydrogen-bond donors (Lipinski definition) is 2. The van der Waals surface area contributed by atoms with Gasteiger partial charge in [-0.2, -0.15) is 0 Å². The number of carboxylic acid groups (broad SMARTS) is 1. The summed E-state index contributed by atoms with van der Waals surface area (Å²) in [6.07, 6.45) is 2.91. The number of anilines is 1. The summed E-state index contributed by atoms with van der Waals surface area (Å²) < 4.78 is 3.52. The van der Waals surface area contributed by atoms with Gasteiger partial charge in [0.15, 0.2) is 0 Å². The van der Waals surface area contributed by atoms with Crippen LogP contribution in [0, 0.1) is 11.8 Å². The number of carboxylic acids is 1. The minimum absolute atomic E-state index is 0.296. The predicted octanol–water partition coefficient (Wildman–Crippen LogP) is 0.763. The number of hydrogen-bond acceptors (Lipinski definition) is 6. The molecule has 17 heavy (non-hydrogen) atoms. The molecule has 0 aromatic carbocycles. The highest BCUT2D eigenvalue weighted by Crippen LogP contribution is 2.31. The fourth-order valence-electron chi connectivity index (χ4n) is 2.12. The molecule has 1 amide bonds. The summed E-state index contributed by atoms with van der Waals surface area (Å²) in [4.78, 5) is 23.0. The summed E-state index contributed by atoms with van der Waals surface area (Å²) in [6.45, 7) is 0. The number of rotatable bonds is 3. The summed E-state index contributed by atoms with van der Waals surface area (Å²) in [5, 5.41) is 18.9. The van der Waals surface area contributed by atoms with Crippen LogP contribution in [-0.2, 0) is 9.59 Å². The summed E-state index contributed by atoms with van der Waals surface area (Å²) in [7, 11) is 0. The van der Waals surface area contributed by atoms with E-state index in [1.165, 1.54) is 0 Å². The Morgan fingerprint density at radius 1 is 1.29 bits per heavy atom. The number of carbonyl (C=O) groups is 2. The van der Waals surface area contributed by atoms with E-state index in [0.29, 0.717) is 18.0 Å². The minimum atomic E-state index is -0.903. The lowest BCUT2D eigenvalue weighted by molar-refractivity contribution is -0.147. The van der Waals surface area contributed by atoms with Crippen LogP contribution in [0.1, 0.15) is 25.7 Å². The van der Waals surface area contributed by atoms with Gasteiger partial charge in [-0.1, -0.05) is 22.4 Å². The molecule has 1 fully saturated rings. The molecule has 1 saturated carbocycles. The van der Waals surface area contributed by atoms with Crippen molar-refractivity contribution in [1.29, 1.82) is 0 Å². The number of nitrogens with one attached hydrogen (secondary N) is 1. The van der Waals surface area contributed by atoms with Crippen LogP contribution >= 0.6 is 11.5 Å². The van der Waals surface area contributed by atoms with Gasteiger partial charge in [-0.25, -0.2) is 0 Å². The first-order valence-electron chi connectivity index (χ1n) is 5.37. The first-order chi connectivity index (χ1) is 8.18. The summed E-state index contributed by atoms with van der Waals surface area (Å²) in [5.41, 5.74) is 0. The van der Waals surface area contributed by atoms with E-state index in [0.717, 1.165) is 24.4 Å². The second kappa shape index (κ2) is 5.17. The van der Waals surface area contributed by atoms with Gasteiger partial charge in [-0.15, -0.1) is 0 Å². The van der Waals surface area contributed by atoms with Crippen molar-refractivity contribution in [2.75, 3.05) is 5.32 Å². The van der Waals surface area contributed by atoms with Crippen molar-refractivity contribution in [2.45, 2.75) is 25.7 Å². The monoisotopic (exact) mass is 256 g/mol. The lowest BCUT2D eigenvalue weighted by atomic mass is 9.79. The third-order valence-electron chi connectivity index (χ3n) is 2.95. The Bertz CT molecular complexity index is 408. The molecule has 1 aliphatic rings. The third kappa shape index (κ3) is 2.76. The van der Waals surface area contributed by atoms with Gasteiger partial charge in [-0.05, 0) is 18.1 Å². The molecule has 0 aliphatic heterocycles. The van der Waals surface area contributed by atoms with Gasteiger partial charge in [0.25, 0.3) is 0 Å². The van der Waals surface area contributed by atoms with Gasteiger partial charge < -0.3 is 5.11 Å². The van der Waals surface area contributed by atoms with Crippen LogP contribution in [0.25, 0.3) is 0 Å². The fourth-order valence-corrected chi connectivity index (χ4v) is 2.49. The number of nitrogens with zero attached hydrogens (tertiary/aromatic N) is 3. The molecule has 2 unspecified atom stereocenters. The fraction of sp³-hybridized carbons (Fsp3) is 0.667. The highest BCUT2D eigenvalue weighted by molar-refractivity contribution is 7.09. The Kier molecular flexibility index (Phi) is 3.62.